The zero-order valence-corrected chi connectivity index (χ0v) is 12.7. The molecule has 1 atom stereocenters. The van der Waals surface area contributed by atoms with E-state index in [0.717, 1.165) is 13.0 Å². The van der Waals surface area contributed by atoms with Gasteiger partial charge in [-0.1, -0.05) is 0 Å². The van der Waals surface area contributed by atoms with E-state index in [1.54, 1.807) is 19.2 Å². The van der Waals surface area contributed by atoms with Crippen LogP contribution < -0.4 is 14.8 Å². The summed E-state index contributed by atoms with van der Waals surface area (Å²) in [7, 11) is -1.86. The number of likely N-dealkylation sites (N-methyl/N-ethyl adjacent to an activating group) is 1. The molecular weight excluding hydrogens is 304 g/mol. The second-order valence-electron chi connectivity index (χ2n) is 4.68. The molecule has 1 aromatic rings. The number of hydrogen-bond donors (Lipinski definition) is 1. The van der Waals surface area contributed by atoms with Crippen molar-refractivity contribution in [2.24, 2.45) is 0 Å². The van der Waals surface area contributed by atoms with Gasteiger partial charge in [0, 0.05) is 25.7 Å². The molecule has 0 saturated carbocycles. The Kier molecular flexibility index (Phi) is 4.43. The van der Waals surface area contributed by atoms with Crippen LogP contribution in [0, 0.1) is 0 Å². The van der Waals surface area contributed by atoms with Gasteiger partial charge in [-0.15, -0.1) is 12.4 Å². The third-order valence-corrected chi connectivity index (χ3v) is 5.48. The molecule has 1 fully saturated rings. The van der Waals surface area contributed by atoms with Crippen molar-refractivity contribution in [2.45, 2.75) is 17.4 Å². The molecule has 112 valence electrons. The Bertz CT molecular complexity index is 587. The summed E-state index contributed by atoms with van der Waals surface area (Å²) in [6, 6.07) is 4.73. The van der Waals surface area contributed by atoms with Gasteiger partial charge in [0.15, 0.2) is 11.5 Å². The number of ether oxygens (including phenoxy) is 2. The van der Waals surface area contributed by atoms with E-state index in [9.17, 15) is 8.42 Å². The first kappa shape index (κ1) is 15.4. The third-order valence-electron chi connectivity index (χ3n) is 3.57. The van der Waals surface area contributed by atoms with Crippen LogP contribution in [0.2, 0.25) is 0 Å². The average Bonchev–Trinajstić information content (AvgIpc) is 3.07. The standard InChI is InChI=1S/C12H16N2O4S.ClH/c1-14(9-4-5-13-7-9)19(15,16)10-2-3-11-12(6-10)18-8-17-11;/h2-3,6,9,13H,4-5,7-8H2,1H3;1H. The number of fused-ring (bicyclic) bond motifs is 1. The minimum Gasteiger partial charge on any atom is -0.454 e. The van der Waals surface area contributed by atoms with E-state index in [4.69, 9.17) is 9.47 Å². The van der Waals surface area contributed by atoms with Crippen molar-refractivity contribution < 1.29 is 17.9 Å². The minimum absolute atomic E-state index is 0. The average molecular weight is 321 g/mol. The summed E-state index contributed by atoms with van der Waals surface area (Å²) in [6.45, 7) is 1.69. The van der Waals surface area contributed by atoms with Crippen molar-refractivity contribution in [3.05, 3.63) is 18.2 Å². The normalized spacial score (nSPS) is 21.0. The Hall–Kier alpha value is -1.02. The summed E-state index contributed by atoms with van der Waals surface area (Å²) in [5, 5.41) is 3.17. The summed E-state index contributed by atoms with van der Waals surface area (Å²) in [6.07, 6.45) is 0.834. The molecule has 0 aliphatic carbocycles. The molecule has 0 spiro atoms. The molecule has 0 radical (unpaired) electrons. The van der Waals surface area contributed by atoms with Crippen molar-refractivity contribution in [3.63, 3.8) is 0 Å². The van der Waals surface area contributed by atoms with Gasteiger partial charge in [-0.3, -0.25) is 0 Å². The van der Waals surface area contributed by atoms with Crippen LogP contribution in [0.25, 0.3) is 0 Å². The monoisotopic (exact) mass is 320 g/mol. The first-order valence-corrected chi connectivity index (χ1v) is 7.61. The molecule has 2 aliphatic rings. The molecule has 1 unspecified atom stereocenters. The Morgan fingerprint density at radius 2 is 2.05 bits per heavy atom. The lowest BCUT2D eigenvalue weighted by Crippen LogP contribution is -2.38. The van der Waals surface area contributed by atoms with Crippen LogP contribution in [0.15, 0.2) is 23.1 Å². The lowest BCUT2D eigenvalue weighted by atomic mass is 10.3. The van der Waals surface area contributed by atoms with E-state index < -0.39 is 10.0 Å². The highest BCUT2D eigenvalue weighted by Gasteiger charge is 2.31. The number of sulfonamides is 1. The summed E-state index contributed by atoms with van der Waals surface area (Å²) >= 11 is 0. The van der Waals surface area contributed by atoms with Crippen LogP contribution in [0.5, 0.6) is 11.5 Å². The lowest BCUT2D eigenvalue weighted by molar-refractivity contribution is 0.174. The van der Waals surface area contributed by atoms with Gasteiger partial charge in [-0.05, 0) is 25.1 Å². The first-order valence-electron chi connectivity index (χ1n) is 6.17. The fourth-order valence-corrected chi connectivity index (χ4v) is 3.75. The maximum Gasteiger partial charge on any atom is 0.243 e. The summed E-state index contributed by atoms with van der Waals surface area (Å²) in [5.74, 6) is 1.07. The SMILES string of the molecule is CN(C1CCNC1)S(=O)(=O)c1ccc2c(c1)OCO2.Cl. The quantitative estimate of drug-likeness (QED) is 0.893. The Morgan fingerprint density at radius 1 is 1.30 bits per heavy atom. The van der Waals surface area contributed by atoms with Crippen molar-refractivity contribution in [1.29, 1.82) is 0 Å². The Labute approximate surface area is 124 Å². The van der Waals surface area contributed by atoms with Gasteiger partial charge in [-0.2, -0.15) is 4.31 Å². The van der Waals surface area contributed by atoms with E-state index in [0.29, 0.717) is 18.0 Å². The molecule has 2 heterocycles. The molecular formula is C12H17ClN2O4S. The molecule has 2 aliphatic heterocycles. The van der Waals surface area contributed by atoms with Gasteiger partial charge in [-0.25, -0.2) is 8.42 Å². The van der Waals surface area contributed by atoms with Crippen LogP contribution in [-0.2, 0) is 10.0 Å². The molecule has 1 N–H and O–H groups in total. The molecule has 0 bridgehead atoms. The summed E-state index contributed by atoms with van der Waals surface area (Å²) in [5.41, 5.74) is 0. The van der Waals surface area contributed by atoms with E-state index in [2.05, 4.69) is 5.32 Å². The van der Waals surface area contributed by atoms with Gasteiger partial charge < -0.3 is 14.8 Å². The van der Waals surface area contributed by atoms with Gasteiger partial charge in [0.1, 0.15) is 0 Å². The van der Waals surface area contributed by atoms with Crippen molar-refractivity contribution in [3.8, 4) is 11.5 Å². The second-order valence-corrected chi connectivity index (χ2v) is 6.68. The van der Waals surface area contributed by atoms with Crippen LogP contribution in [0.3, 0.4) is 0 Å². The predicted molar refractivity (Wildman–Crippen MR) is 76.0 cm³/mol. The topological polar surface area (TPSA) is 67.9 Å². The fourth-order valence-electron chi connectivity index (χ4n) is 2.35. The Morgan fingerprint density at radius 3 is 2.75 bits per heavy atom. The van der Waals surface area contributed by atoms with E-state index in [1.165, 1.54) is 10.4 Å². The zero-order chi connectivity index (χ0) is 13.5. The largest absolute Gasteiger partial charge is 0.454 e. The van der Waals surface area contributed by atoms with Crippen molar-refractivity contribution >= 4 is 22.4 Å². The second kappa shape index (κ2) is 5.77. The maximum absolute atomic E-state index is 12.5. The van der Waals surface area contributed by atoms with Crippen molar-refractivity contribution in [2.75, 3.05) is 26.9 Å². The number of halogens is 1. The van der Waals surface area contributed by atoms with Crippen LogP contribution >= 0.6 is 12.4 Å². The van der Waals surface area contributed by atoms with E-state index >= 15 is 0 Å². The number of benzene rings is 1. The molecule has 20 heavy (non-hydrogen) atoms. The maximum atomic E-state index is 12.5. The molecule has 0 aromatic heterocycles. The van der Waals surface area contributed by atoms with E-state index in [1.807, 2.05) is 0 Å². The number of rotatable bonds is 3. The molecule has 1 saturated heterocycles. The predicted octanol–water partition coefficient (Wildman–Crippen LogP) is 0.819. The van der Waals surface area contributed by atoms with Gasteiger partial charge in [0.25, 0.3) is 0 Å². The first-order chi connectivity index (χ1) is 9.09. The molecule has 0 amide bonds. The highest BCUT2D eigenvalue weighted by molar-refractivity contribution is 7.89. The summed E-state index contributed by atoms with van der Waals surface area (Å²) < 4.78 is 36.9. The summed E-state index contributed by atoms with van der Waals surface area (Å²) in [4.78, 5) is 0.242. The minimum atomic E-state index is -3.49. The van der Waals surface area contributed by atoms with Gasteiger partial charge >= 0.3 is 0 Å². The number of hydrogen-bond acceptors (Lipinski definition) is 5. The molecule has 6 nitrogen and oxygen atoms in total. The highest BCUT2D eigenvalue weighted by Crippen LogP contribution is 2.34. The van der Waals surface area contributed by atoms with Gasteiger partial charge in [0.2, 0.25) is 16.8 Å². The molecule has 8 heteroatoms. The van der Waals surface area contributed by atoms with Crippen LogP contribution in [0.1, 0.15) is 6.42 Å². The van der Waals surface area contributed by atoms with Gasteiger partial charge in [0.05, 0.1) is 4.90 Å². The number of nitrogens with one attached hydrogen (secondary N) is 1. The zero-order valence-electron chi connectivity index (χ0n) is 11.0. The van der Waals surface area contributed by atoms with Crippen molar-refractivity contribution in [1.82, 2.24) is 9.62 Å². The third kappa shape index (κ3) is 2.58. The number of nitrogens with zero attached hydrogens (tertiary/aromatic N) is 1. The molecule has 1 aromatic carbocycles. The fraction of sp³-hybridized carbons (Fsp3) is 0.500. The lowest BCUT2D eigenvalue weighted by Gasteiger charge is -2.23. The highest BCUT2D eigenvalue weighted by atomic mass is 35.5. The van der Waals surface area contributed by atoms with Crippen LogP contribution in [-0.4, -0.2) is 45.7 Å². The van der Waals surface area contributed by atoms with E-state index in [-0.39, 0.29) is 30.1 Å². The smallest absolute Gasteiger partial charge is 0.243 e. The van der Waals surface area contributed by atoms with Crippen LogP contribution in [0.4, 0.5) is 0 Å². The Balaban J connectivity index is 0.00000147. The molecule has 3 rings (SSSR count).